The summed E-state index contributed by atoms with van der Waals surface area (Å²) in [6.45, 7) is 1.90. The lowest BCUT2D eigenvalue weighted by atomic mass is 10.0. The average Bonchev–Trinajstić information content (AvgIpc) is 2.63. The standard InChI is InChI=1S/C21H20O3S2/c1-16-7-13-20(14-8-16)26(22,23)24-19-11-9-18(10-12-19)21(25)15-17-5-3-2-4-6-17/h2-14,21,25H,15H2,1H3. The average molecular weight is 385 g/mol. The SMILES string of the molecule is Cc1ccc(S(=O)(=O)Oc2ccc(C(S)Cc3ccccc3)cc2)cc1. The minimum atomic E-state index is -3.83. The van der Waals surface area contributed by atoms with E-state index in [2.05, 4.69) is 24.8 Å². The van der Waals surface area contributed by atoms with Crippen molar-refractivity contribution in [1.29, 1.82) is 0 Å². The van der Waals surface area contributed by atoms with Crippen LogP contribution in [-0.4, -0.2) is 8.42 Å². The zero-order chi connectivity index (χ0) is 18.6. The van der Waals surface area contributed by atoms with Crippen LogP contribution in [0, 0.1) is 6.92 Å². The summed E-state index contributed by atoms with van der Waals surface area (Å²) in [5.74, 6) is 0.287. The van der Waals surface area contributed by atoms with E-state index in [1.54, 1.807) is 36.4 Å². The van der Waals surface area contributed by atoms with Gasteiger partial charge >= 0.3 is 10.1 Å². The summed E-state index contributed by atoms with van der Waals surface area (Å²) in [6.07, 6.45) is 0.797. The quantitative estimate of drug-likeness (QED) is 0.482. The fourth-order valence-corrected chi connectivity index (χ4v) is 3.89. The first-order chi connectivity index (χ1) is 12.4. The fourth-order valence-electron chi connectivity index (χ4n) is 2.58. The predicted molar refractivity (Wildman–Crippen MR) is 107 cm³/mol. The van der Waals surface area contributed by atoms with Crippen LogP contribution >= 0.6 is 12.6 Å². The molecule has 0 saturated heterocycles. The van der Waals surface area contributed by atoms with Gasteiger partial charge in [0.15, 0.2) is 0 Å². The van der Waals surface area contributed by atoms with Crippen molar-refractivity contribution in [1.82, 2.24) is 0 Å². The molecule has 1 atom stereocenters. The van der Waals surface area contributed by atoms with Crippen LogP contribution in [0.5, 0.6) is 5.75 Å². The Morgan fingerprint density at radius 2 is 1.50 bits per heavy atom. The molecule has 3 aromatic rings. The number of benzene rings is 3. The van der Waals surface area contributed by atoms with Crippen LogP contribution in [0.2, 0.25) is 0 Å². The minimum Gasteiger partial charge on any atom is -0.379 e. The number of thiol groups is 1. The molecule has 0 N–H and O–H groups in total. The van der Waals surface area contributed by atoms with E-state index in [0.29, 0.717) is 0 Å². The Labute approximate surface area is 160 Å². The first kappa shape index (κ1) is 18.5. The van der Waals surface area contributed by atoms with Crippen LogP contribution in [0.1, 0.15) is 21.9 Å². The third-order valence-corrected chi connectivity index (χ3v) is 5.79. The molecule has 0 radical (unpaired) electrons. The van der Waals surface area contributed by atoms with E-state index in [9.17, 15) is 8.42 Å². The largest absolute Gasteiger partial charge is 0.379 e. The van der Waals surface area contributed by atoms with E-state index in [4.69, 9.17) is 4.18 Å². The van der Waals surface area contributed by atoms with Crippen molar-refractivity contribution in [3.05, 3.63) is 95.6 Å². The van der Waals surface area contributed by atoms with Gasteiger partial charge in [0.05, 0.1) is 0 Å². The summed E-state index contributed by atoms with van der Waals surface area (Å²) < 4.78 is 29.9. The van der Waals surface area contributed by atoms with E-state index in [-0.39, 0.29) is 15.9 Å². The Hall–Kier alpha value is -2.24. The molecule has 0 aliphatic heterocycles. The van der Waals surface area contributed by atoms with Crippen LogP contribution in [0.15, 0.2) is 83.8 Å². The molecule has 5 heteroatoms. The summed E-state index contributed by atoms with van der Waals surface area (Å²) >= 11 is 4.66. The lowest BCUT2D eigenvalue weighted by Gasteiger charge is -2.12. The first-order valence-electron chi connectivity index (χ1n) is 8.27. The summed E-state index contributed by atoms with van der Waals surface area (Å²) in [6, 6.07) is 23.7. The Bertz CT molecular complexity index is 948. The van der Waals surface area contributed by atoms with Crippen molar-refractivity contribution in [2.24, 2.45) is 0 Å². The van der Waals surface area contributed by atoms with Gasteiger partial charge < -0.3 is 4.18 Å². The van der Waals surface area contributed by atoms with Gasteiger partial charge in [0, 0.05) is 5.25 Å². The maximum atomic E-state index is 12.3. The van der Waals surface area contributed by atoms with Gasteiger partial charge in [-0.2, -0.15) is 21.0 Å². The second-order valence-electron chi connectivity index (χ2n) is 6.13. The summed E-state index contributed by atoms with van der Waals surface area (Å²) in [4.78, 5) is 0.142. The lowest BCUT2D eigenvalue weighted by Crippen LogP contribution is -2.09. The molecule has 1 unspecified atom stereocenters. The van der Waals surface area contributed by atoms with Crippen molar-refractivity contribution < 1.29 is 12.6 Å². The number of hydrogen-bond acceptors (Lipinski definition) is 4. The fraction of sp³-hybridized carbons (Fsp3) is 0.143. The van der Waals surface area contributed by atoms with Crippen LogP contribution < -0.4 is 4.18 Å². The number of aryl methyl sites for hydroxylation is 1. The molecular formula is C21H20O3S2. The van der Waals surface area contributed by atoms with E-state index in [1.165, 1.54) is 5.56 Å². The predicted octanol–water partition coefficient (Wildman–Crippen LogP) is 4.98. The summed E-state index contributed by atoms with van der Waals surface area (Å²) in [5, 5.41) is 0.0279. The maximum absolute atomic E-state index is 12.3. The van der Waals surface area contributed by atoms with Gasteiger partial charge in [0.2, 0.25) is 0 Å². The summed E-state index contributed by atoms with van der Waals surface area (Å²) in [5.41, 5.74) is 3.21. The molecule has 3 rings (SSSR count). The lowest BCUT2D eigenvalue weighted by molar-refractivity contribution is 0.486. The van der Waals surface area contributed by atoms with Crippen LogP contribution in [0.3, 0.4) is 0 Å². The number of hydrogen-bond donors (Lipinski definition) is 1. The van der Waals surface area contributed by atoms with Crippen molar-refractivity contribution in [2.75, 3.05) is 0 Å². The van der Waals surface area contributed by atoms with Gasteiger partial charge in [-0.25, -0.2) is 0 Å². The molecule has 0 saturated carbocycles. The Balaban J connectivity index is 1.70. The third kappa shape index (κ3) is 4.68. The van der Waals surface area contributed by atoms with Gasteiger partial charge in [-0.15, -0.1) is 0 Å². The Morgan fingerprint density at radius 3 is 2.12 bits per heavy atom. The molecule has 0 aromatic heterocycles. The zero-order valence-electron chi connectivity index (χ0n) is 14.4. The van der Waals surface area contributed by atoms with Gasteiger partial charge in [0.25, 0.3) is 0 Å². The highest BCUT2D eigenvalue weighted by Gasteiger charge is 2.16. The Kier molecular flexibility index (Phi) is 5.69. The van der Waals surface area contributed by atoms with Gasteiger partial charge in [-0.1, -0.05) is 60.2 Å². The third-order valence-electron chi connectivity index (χ3n) is 4.05. The highest BCUT2D eigenvalue weighted by Crippen LogP contribution is 2.27. The zero-order valence-corrected chi connectivity index (χ0v) is 16.1. The molecule has 0 spiro atoms. The minimum absolute atomic E-state index is 0.0279. The van der Waals surface area contributed by atoms with E-state index in [0.717, 1.165) is 17.5 Å². The van der Waals surface area contributed by atoms with Gasteiger partial charge in [0.1, 0.15) is 10.6 Å². The molecule has 0 amide bonds. The van der Waals surface area contributed by atoms with Crippen molar-refractivity contribution in [3.8, 4) is 5.75 Å². The van der Waals surface area contributed by atoms with Crippen molar-refractivity contribution >= 4 is 22.7 Å². The second kappa shape index (κ2) is 7.98. The van der Waals surface area contributed by atoms with Gasteiger partial charge in [-0.05, 0) is 48.7 Å². The molecule has 3 aromatic carbocycles. The normalized spacial score (nSPS) is 12.5. The second-order valence-corrected chi connectivity index (χ2v) is 8.29. The first-order valence-corrected chi connectivity index (χ1v) is 10.2. The van der Waals surface area contributed by atoms with Gasteiger partial charge in [-0.3, -0.25) is 0 Å². The maximum Gasteiger partial charge on any atom is 0.339 e. The topological polar surface area (TPSA) is 43.4 Å². The molecular weight excluding hydrogens is 364 g/mol. The monoisotopic (exact) mass is 384 g/mol. The molecule has 0 heterocycles. The molecule has 0 aliphatic carbocycles. The summed E-state index contributed by atoms with van der Waals surface area (Å²) in [7, 11) is -3.83. The number of rotatable bonds is 6. The van der Waals surface area contributed by atoms with Crippen LogP contribution in [0.25, 0.3) is 0 Å². The molecule has 0 fully saturated rings. The molecule has 0 bridgehead atoms. The molecule has 26 heavy (non-hydrogen) atoms. The van der Waals surface area contributed by atoms with Crippen LogP contribution in [-0.2, 0) is 16.5 Å². The molecule has 134 valence electrons. The smallest absolute Gasteiger partial charge is 0.339 e. The van der Waals surface area contributed by atoms with E-state index < -0.39 is 10.1 Å². The van der Waals surface area contributed by atoms with Crippen molar-refractivity contribution in [3.63, 3.8) is 0 Å². The van der Waals surface area contributed by atoms with E-state index in [1.807, 2.05) is 37.3 Å². The van der Waals surface area contributed by atoms with Crippen molar-refractivity contribution in [2.45, 2.75) is 23.5 Å². The molecule has 3 nitrogen and oxygen atoms in total. The highest BCUT2D eigenvalue weighted by molar-refractivity contribution is 7.87. The van der Waals surface area contributed by atoms with Crippen LogP contribution in [0.4, 0.5) is 0 Å². The molecule has 0 aliphatic rings. The van der Waals surface area contributed by atoms with E-state index >= 15 is 0 Å². The Morgan fingerprint density at radius 1 is 0.885 bits per heavy atom. The highest BCUT2D eigenvalue weighted by atomic mass is 32.2.